The molecular formula is C16H16Cl2N2O. The van der Waals surface area contributed by atoms with Crippen molar-refractivity contribution in [1.29, 1.82) is 0 Å². The predicted octanol–water partition coefficient (Wildman–Crippen LogP) is 4.97. The van der Waals surface area contributed by atoms with Gasteiger partial charge in [-0.2, -0.15) is 0 Å². The van der Waals surface area contributed by atoms with Crippen LogP contribution < -0.4 is 5.32 Å². The topological polar surface area (TPSA) is 32.3 Å². The molecule has 0 aromatic heterocycles. The van der Waals surface area contributed by atoms with Gasteiger partial charge in [0.05, 0.1) is 0 Å². The number of hydrogen-bond donors (Lipinski definition) is 1. The Morgan fingerprint density at radius 1 is 1.14 bits per heavy atom. The van der Waals surface area contributed by atoms with E-state index in [1.807, 2.05) is 43.3 Å². The van der Waals surface area contributed by atoms with E-state index in [2.05, 4.69) is 5.32 Å². The van der Waals surface area contributed by atoms with Gasteiger partial charge in [0.25, 0.3) is 0 Å². The number of carbonyl (C=O) groups excluding carboxylic acids is 1. The lowest BCUT2D eigenvalue weighted by molar-refractivity contribution is 0.220. The number of nitrogens with one attached hydrogen (secondary N) is 1. The molecule has 0 saturated carbocycles. The van der Waals surface area contributed by atoms with Crippen molar-refractivity contribution in [2.24, 2.45) is 0 Å². The predicted molar refractivity (Wildman–Crippen MR) is 88.1 cm³/mol. The molecule has 21 heavy (non-hydrogen) atoms. The number of urea groups is 1. The summed E-state index contributed by atoms with van der Waals surface area (Å²) >= 11 is 12.1. The minimum Gasteiger partial charge on any atom is -0.323 e. The highest BCUT2D eigenvalue weighted by atomic mass is 35.5. The maximum atomic E-state index is 12.2. The van der Waals surface area contributed by atoms with Crippen molar-refractivity contribution in [3.63, 3.8) is 0 Å². The van der Waals surface area contributed by atoms with E-state index in [4.69, 9.17) is 23.2 Å². The van der Waals surface area contributed by atoms with Crippen LogP contribution in [0.15, 0.2) is 42.5 Å². The summed E-state index contributed by atoms with van der Waals surface area (Å²) in [6.07, 6.45) is 0. The number of anilines is 1. The van der Waals surface area contributed by atoms with Crippen molar-refractivity contribution in [2.45, 2.75) is 13.5 Å². The summed E-state index contributed by atoms with van der Waals surface area (Å²) in [5, 5.41) is 4.08. The van der Waals surface area contributed by atoms with E-state index in [0.29, 0.717) is 22.3 Å². The molecule has 2 aromatic carbocycles. The van der Waals surface area contributed by atoms with Crippen molar-refractivity contribution in [3.05, 3.63) is 63.6 Å². The van der Waals surface area contributed by atoms with E-state index in [0.717, 1.165) is 11.1 Å². The number of halogens is 2. The number of benzene rings is 2. The fraction of sp³-hybridized carbons (Fsp3) is 0.188. The zero-order valence-electron chi connectivity index (χ0n) is 11.9. The molecule has 0 fully saturated rings. The van der Waals surface area contributed by atoms with Crippen molar-refractivity contribution in [3.8, 4) is 0 Å². The van der Waals surface area contributed by atoms with Gasteiger partial charge in [-0.3, -0.25) is 0 Å². The highest BCUT2D eigenvalue weighted by Gasteiger charge is 2.11. The molecule has 0 unspecified atom stereocenters. The van der Waals surface area contributed by atoms with Crippen LogP contribution >= 0.6 is 23.2 Å². The minimum absolute atomic E-state index is 0.213. The zero-order chi connectivity index (χ0) is 15.4. The molecule has 0 atom stereocenters. The van der Waals surface area contributed by atoms with E-state index in [1.54, 1.807) is 18.0 Å². The van der Waals surface area contributed by atoms with Gasteiger partial charge in [0.15, 0.2) is 0 Å². The van der Waals surface area contributed by atoms with E-state index in [9.17, 15) is 4.79 Å². The lowest BCUT2D eigenvalue weighted by Crippen LogP contribution is -2.30. The van der Waals surface area contributed by atoms with Gasteiger partial charge in [0, 0.05) is 29.3 Å². The monoisotopic (exact) mass is 322 g/mol. The van der Waals surface area contributed by atoms with Crippen LogP contribution in [-0.2, 0) is 6.54 Å². The van der Waals surface area contributed by atoms with Crippen molar-refractivity contribution < 1.29 is 4.79 Å². The van der Waals surface area contributed by atoms with Crippen LogP contribution in [0.2, 0.25) is 10.0 Å². The smallest absolute Gasteiger partial charge is 0.321 e. The first-order chi connectivity index (χ1) is 9.97. The normalized spacial score (nSPS) is 10.3. The van der Waals surface area contributed by atoms with Gasteiger partial charge in [-0.1, -0.05) is 47.5 Å². The van der Waals surface area contributed by atoms with Crippen LogP contribution in [0.4, 0.5) is 10.5 Å². The van der Waals surface area contributed by atoms with Crippen molar-refractivity contribution in [1.82, 2.24) is 4.90 Å². The van der Waals surface area contributed by atoms with Crippen LogP contribution in [0, 0.1) is 6.92 Å². The molecule has 0 aliphatic rings. The Bertz CT molecular complexity index is 658. The van der Waals surface area contributed by atoms with Crippen molar-refractivity contribution >= 4 is 34.9 Å². The summed E-state index contributed by atoms with van der Waals surface area (Å²) < 4.78 is 0. The second-order valence-corrected chi connectivity index (χ2v) is 5.66. The minimum atomic E-state index is -0.213. The summed E-state index contributed by atoms with van der Waals surface area (Å²) in [5.74, 6) is 0. The third kappa shape index (κ3) is 4.13. The average molecular weight is 323 g/mol. The first-order valence-corrected chi connectivity index (χ1v) is 7.24. The fourth-order valence-corrected chi connectivity index (χ4v) is 2.22. The number of hydrogen-bond acceptors (Lipinski definition) is 1. The maximum Gasteiger partial charge on any atom is 0.321 e. The highest BCUT2D eigenvalue weighted by molar-refractivity contribution is 6.31. The van der Waals surface area contributed by atoms with E-state index in [-0.39, 0.29) is 6.03 Å². The van der Waals surface area contributed by atoms with Crippen molar-refractivity contribution in [2.75, 3.05) is 12.4 Å². The largest absolute Gasteiger partial charge is 0.323 e. The Kier molecular flexibility index (Phi) is 5.10. The molecule has 0 aliphatic heterocycles. The number of carbonyl (C=O) groups is 1. The third-order valence-corrected chi connectivity index (χ3v) is 3.91. The summed E-state index contributed by atoms with van der Waals surface area (Å²) in [6.45, 7) is 2.35. The van der Waals surface area contributed by atoms with Gasteiger partial charge in [0.1, 0.15) is 0 Å². The van der Waals surface area contributed by atoms with Crippen LogP contribution in [0.5, 0.6) is 0 Å². The van der Waals surface area contributed by atoms with E-state index in [1.165, 1.54) is 0 Å². The molecular weight excluding hydrogens is 307 g/mol. The molecule has 0 saturated heterocycles. The third-order valence-electron chi connectivity index (χ3n) is 3.14. The molecule has 0 bridgehead atoms. The Hall–Kier alpha value is -1.71. The van der Waals surface area contributed by atoms with E-state index >= 15 is 0 Å². The molecule has 1 N–H and O–H groups in total. The Balaban J connectivity index is 2.02. The van der Waals surface area contributed by atoms with Crippen LogP contribution in [-0.4, -0.2) is 18.0 Å². The molecule has 0 radical (unpaired) electrons. The average Bonchev–Trinajstić information content (AvgIpc) is 2.45. The number of amides is 2. The Morgan fingerprint density at radius 2 is 1.86 bits per heavy atom. The second kappa shape index (κ2) is 6.83. The Morgan fingerprint density at radius 3 is 2.52 bits per heavy atom. The second-order valence-electron chi connectivity index (χ2n) is 4.84. The molecule has 2 amide bonds. The number of aryl methyl sites for hydroxylation is 1. The molecule has 2 aromatic rings. The van der Waals surface area contributed by atoms with Gasteiger partial charge in [-0.15, -0.1) is 0 Å². The van der Waals surface area contributed by atoms with Gasteiger partial charge in [0.2, 0.25) is 0 Å². The Labute approximate surface area is 134 Å². The molecule has 5 heteroatoms. The highest BCUT2D eigenvalue weighted by Crippen LogP contribution is 2.21. The number of rotatable bonds is 3. The zero-order valence-corrected chi connectivity index (χ0v) is 13.4. The molecule has 0 spiro atoms. The molecule has 0 aliphatic carbocycles. The summed E-state index contributed by atoms with van der Waals surface area (Å²) in [5.41, 5.74) is 2.54. The lowest BCUT2D eigenvalue weighted by Gasteiger charge is -2.19. The van der Waals surface area contributed by atoms with Crippen LogP contribution in [0.25, 0.3) is 0 Å². The van der Waals surface area contributed by atoms with E-state index < -0.39 is 0 Å². The lowest BCUT2D eigenvalue weighted by atomic mass is 10.2. The molecule has 3 nitrogen and oxygen atoms in total. The summed E-state index contributed by atoms with van der Waals surface area (Å²) in [7, 11) is 1.72. The molecule has 110 valence electrons. The maximum absolute atomic E-state index is 12.2. The number of nitrogens with zero attached hydrogens (tertiary/aromatic N) is 1. The van der Waals surface area contributed by atoms with Gasteiger partial charge in [-0.25, -0.2) is 4.79 Å². The first kappa shape index (κ1) is 15.7. The van der Waals surface area contributed by atoms with Gasteiger partial charge in [-0.05, 0) is 36.2 Å². The summed E-state index contributed by atoms with van der Waals surface area (Å²) in [4.78, 5) is 13.7. The SMILES string of the molecule is Cc1ccc(NC(=O)N(C)Cc2ccccc2Cl)cc1Cl. The molecule has 0 heterocycles. The quantitative estimate of drug-likeness (QED) is 0.850. The van der Waals surface area contributed by atoms with Gasteiger partial charge >= 0.3 is 6.03 Å². The standard InChI is InChI=1S/C16H16Cl2N2O/c1-11-7-8-13(9-15(11)18)19-16(21)20(2)10-12-5-3-4-6-14(12)17/h3-9H,10H2,1-2H3,(H,19,21). The fourth-order valence-electron chi connectivity index (χ4n) is 1.84. The van der Waals surface area contributed by atoms with Crippen LogP contribution in [0.3, 0.4) is 0 Å². The van der Waals surface area contributed by atoms with Crippen LogP contribution in [0.1, 0.15) is 11.1 Å². The summed E-state index contributed by atoms with van der Waals surface area (Å²) in [6, 6.07) is 12.7. The molecule has 2 rings (SSSR count). The van der Waals surface area contributed by atoms with Gasteiger partial charge < -0.3 is 10.2 Å². The first-order valence-electron chi connectivity index (χ1n) is 6.49.